The van der Waals surface area contributed by atoms with Crippen molar-refractivity contribution in [2.24, 2.45) is 10.2 Å². The molecule has 7 heterocycles. The molecule has 4 N–H and O–H groups in total. The summed E-state index contributed by atoms with van der Waals surface area (Å²) < 4.78 is 25.2. The van der Waals surface area contributed by atoms with Crippen LogP contribution in [0.4, 0.5) is 21.9 Å². The average molecular weight is 825 g/mol. The van der Waals surface area contributed by atoms with Gasteiger partial charge in [-0.05, 0) is 111 Å². The number of amidine groups is 2. The van der Waals surface area contributed by atoms with Crippen LogP contribution in [0.2, 0.25) is 0 Å². The molecule has 2 aromatic carbocycles. The van der Waals surface area contributed by atoms with Crippen molar-refractivity contribution < 1.29 is 33.3 Å². The molecule has 6 aliphatic rings. The second-order valence-electron chi connectivity index (χ2n) is 17.7. The van der Waals surface area contributed by atoms with Gasteiger partial charge in [0.2, 0.25) is 0 Å². The number of carbonyl (C=O) groups is 3. The van der Waals surface area contributed by atoms with Crippen molar-refractivity contribution in [2.45, 2.75) is 97.0 Å². The third-order valence-corrected chi connectivity index (χ3v) is 11.8. The highest BCUT2D eigenvalue weighted by Gasteiger charge is 2.41. The number of fused-ring (bicyclic) bond motifs is 7. The van der Waals surface area contributed by atoms with Crippen molar-refractivity contribution in [2.75, 3.05) is 61.1 Å². The van der Waals surface area contributed by atoms with Crippen LogP contribution < -0.4 is 40.8 Å². The van der Waals surface area contributed by atoms with Crippen LogP contribution in [0.3, 0.4) is 0 Å². The van der Waals surface area contributed by atoms with Crippen molar-refractivity contribution in [1.29, 1.82) is 0 Å². The summed E-state index contributed by atoms with van der Waals surface area (Å²) in [6, 6.07) is 9.53. The Labute approximate surface area is 350 Å². The second kappa shape index (κ2) is 15.6. The van der Waals surface area contributed by atoms with E-state index >= 15 is 0 Å². The highest BCUT2D eigenvalue weighted by molar-refractivity contribution is 6.11. The van der Waals surface area contributed by atoms with Crippen LogP contribution in [0, 0.1) is 0 Å². The van der Waals surface area contributed by atoms with E-state index in [2.05, 4.69) is 74.5 Å². The molecular formula is C43H56N10O7. The van der Waals surface area contributed by atoms with Gasteiger partial charge in [-0.15, -0.1) is 0 Å². The van der Waals surface area contributed by atoms with Gasteiger partial charge >= 0.3 is 6.09 Å². The molecule has 17 heteroatoms. The standard InChI is InChI=1S/C25H35N5O5.C18H21N5O2/c1-7-33-11-8-17-12-20-19(30-16(2)22(31)28-27-21(30)14-34-20)13-18(17)26-25(6)9-10-29(15-25)23(32)35-24(3,4)5;1-11-17(24)21-20-16-9-25-15-7-12-3-6-22(18(2)4-5-19-10-18)13(12)8-14(15)23(11)16/h8,11-13,16,26H,7,9-10,14-15H2,1-6H3,(H,28,31);3,6-8,11,19H,4-5,9-10H2,1-2H3,(H,21,24)/b11-8+;/t16-,25-;11-,18-/m00/s1. The predicted octanol–water partition coefficient (Wildman–Crippen LogP) is 4.92. The fraction of sp³-hybridized carbons (Fsp3) is 0.512. The van der Waals surface area contributed by atoms with E-state index in [0.29, 0.717) is 37.9 Å². The lowest BCUT2D eigenvalue weighted by atomic mass is 9.99. The first-order valence-corrected chi connectivity index (χ1v) is 20.7. The lowest BCUT2D eigenvalue weighted by molar-refractivity contribution is -0.123. The molecule has 3 amide bonds. The number of nitrogens with zero attached hydrogens (tertiary/aromatic N) is 6. The van der Waals surface area contributed by atoms with Gasteiger partial charge in [0.05, 0.1) is 40.8 Å². The summed E-state index contributed by atoms with van der Waals surface area (Å²) >= 11 is 0. The van der Waals surface area contributed by atoms with Gasteiger partial charge in [0.25, 0.3) is 11.8 Å². The highest BCUT2D eigenvalue weighted by Crippen LogP contribution is 2.42. The van der Waals surface area contributed by atoms with Gasteiger partial charge in [0.1, 0.15) is 42.4 Å². The number of hydrogen-bond donors (Lipinski definition) is 4. The molecule has 6 aliphatic heterocycles. The zero-order valence-corrected chi connectivity index (χ0v) is 35.7. The molecule has 0 unspecified atom stereocenters. The first-order chi connectivity index (χ1) is 28.6. The van der Waals surface area contributed by atoms with Crippen molar-refractivity contribution in [3.63, 3.8) is 0 Å². The molecule has 3 aromatic rings. The molecule has 0 aliphatic carbocycles. The number of amides is 3. The molecule has 0 radical (unpaired) electrons. The maximum Gasteiger partial charge on any atom is 0.410 e. The van der Waals surface area contributed by atoms with Crippen molar-refractivity contribution in [3.05, 3.63) is 48.4 Å². The molecule has 0 saturated carbocycles. The Kier molecular flexibility index (Phi) is 10.6. The normalized spacial score (nSPS) is 25.6. The van der Waals surface area contributed by atoms with Crippen LogP contribution in [-0.4, -0.2) is 108 Å². The SMILES string of the molecule is CCO/C=C/c1cc2c(cc1N[C@@]1(C)CCN(C(=O)OC(C)(C)C)C1)N1C(=NNC(=O)[C@@H]1C)CO2.C[C@H]1C(=O)NN=C2COc3cc4ccn([C@@]5(C)CCNC5)c4cc3N21. The van der Waals surface area contributed by atoms with Crippen molar-refractivity contribution in [3.8, 4) is 11.5 Å². The third-order valence-electron chi connectivity index (χ3n) is 11.8. The Morgan fingerprint density at radius 1 is 0.967 bits per heavy atom. The van der Waals surface area contributed by atoms with E-state index in [9.17, 15) is 14.4 Å². The number of ether oxygens (including phenoxy) is 4. The van der Waals surface area contributed by atoms with Crippen LogP contribution in [0.1, 0.15) is 73.8 Å². The minimum absolute atomic E-state index is 0.0628. The molecule has 60 heavy (non-hydrogen) atoms. The summed E-state index contributed by atoms with van der Waals surface area (Å²) in [7, 11) is 0. The number of aromatic nitrogens is 1. The molecule has 9 rings (SSSR count). The van der Waals surface area contributed by atoms with E-state index in [1.165, 1.54) is 0 Å². The first kappa shape index (κ1) is 40.8. The summed E-state index contributed by atoms with van der Waals surface area (Å²) in [5.74, 6) is 2.59. The Hall–Kier alpha value is -5.97. The molecule has 2 fully saturated rings. The molecule has 0 bridgehead atoms. The third kappa shape index (κ3) is 7.77. The molecule has 0 spiro atoms. The Balaban J connectivity index is 0.000000175. The molecule has 1 aromatic heterocycles. The maximum absolute atomic E-state index is 12.6. The first-order valence-electron chi connectivity index (χ1n) is 20.7. The smallest absolute Gasteiger partial charge is 0.410 e. The number of hydrogen-bond acceptors (Lipinski definition) is 13. The molecule has 4 atom stereocenters. The minimum atomic E-state index is -0.546. The van der Waals surface area contributed by atoms with Crippen LogP contribution in [0.5, 0.6) is 11.5 Å². The summed E-state index contributed by atoms with van der Waals surface area (Å²) in [5.41, 5.74) is 8.82. The Bertz CT molecular complexity index is 2290. The molecule has 320 valence electrons. The van der Waals surface area contributed by atoms with Crippen LogP contribution in [0.15, 0.2) is 53.0 Å². The minimum Gasteiger partial charge on any atom is -0.501 e. The van der Waals surface area contributed by atoms with Crippen molar-refractivity contribution >= 4 is 63.6 Å². The zero-order valence-electron chi connectivity index (χ0n) is 35.7. The van der Waals surface area contributed by atoms with E-state index < -0.39 is 11.6 Å². The number of likely N-dealkylation sites (tertiary alicyclic amines) is 1. The highest BCUT2D eigenvalue weighted by atomic mass is 16.6. The van der Waals surface area contributed by atoms with Gasteiger partial charge in [-0.1, -0.05) is 0 Å². The molecular weight excluding hydrogens is 769 g/mol. The monoisotopic (exact) mass is 824 g/mol. The predicted molar refractivity (Wildman–Crippen MR) is 231 cm³/mol. The fourth-order valence-corrected chi connectivity index (χ4v) is 8.56. The van der Waals surface area contributed by atoms with Gasteiger partial charge in [-0.2, -0.15) is 10.2 Å². The summed E-state index contributed by atoms with van der Waals surface area (Å²) in [6.45, 7) is 19.9. The topological polar surface area (TPSA) is 176 Å². The van der Waals surface area contributed by atoms with E-state index in [-0.39, 0.29) is 41.6 Å². The molecule has 17 nitrogen and oxygen atoms in total. The van der Waals surface area contributed by atoms with Gasteiger partial charge in [-0.3, -0.25) is 9.59 Å². The van der Waals surface area contributed by atoms with Gasteiger partial charge in [-0.25, -0.2) is 15.6 Å². The van der Waals surface area contributed by atoms with Gasteiger partial charge in [0, 0.05) is 42.5 Å². The number of hydrazone groups is 2. The lowest BCUT2D eigenvalue weighted by Gasteiger charge is -2.39. The lowest BCUT2D eigenvalue weighted by Crippen LogP contribution is -2.55. The zero-order chi connectivity index (χ0) is 42.6. The summed E-state index contributed by atoms with van der Waals surface area (Å²) in [4.78, 5) is 42.7. The number of rotatable bonds is 6. The van der Waals surface area contributed by atoms with Crippen LogP contribution in [0.25, 0.3) is 17.0 Å². The average Bonchev–Trinajstić information content (AvgIpc) is 3.95. The number of nitrogens with one attached hydrogen (secondary N) is 4. The number of carbonyl (C=O) groups excluding carboxylic acids is 3. The second-order valence-corrected chi connectivity index (χ2v) is 17.7. The van der Waals surface area contributed by atoms with E-state index in [0.717, 1.165) is 71.0 Å². The van der Waals surface area contributed by atoms with E-state index in [4.69, 9.17) is 18.9 Å². The maximum atomic E-state index is 12.6. The number of benzene rings is 2. The number of anilines is 3. The molecule has 2 saturated heterocycles. The van der Waals surface area contributed by atoms with Crippen LogP contribution >= 0.6 is 0 Å². The summed E-state index contributed by atoms with van der Waals surface area (Å²) in [5, 5.41) is 16.6. The van der Waals surface area contributed by atoms with Gasteiger partial charge < -0.3 is 48.8 Å². The van der Waals surface area contributed by atoms with Gasteiger partial charge in [0.15, 0.2) is 11.7 Å². The largest absolute Gasteiger partial charge is 0.501 e. The Morgan fingerprint density at radius 3 is 2.23 bits per heavy atom. The quantitative estimate of drug-likeness (QED) is 0.249. The van der Waals surface area contributed by atoms with E-state index in [1.807, 2.05) is 69.6 Å². The summed E-state index contributed by atoms with van der Waals surface area (Å²) in [6.07, 6.45) is 7.24. The van der Waals surface area contributed by atoms with Crippen LogP contribution in [-0.2, 0) is 24.6 Å². The van der Waals surface area contributed by atoms with Crippen molar-refractivity contribution in [1.82, 2.24) is 25.6 Å². The van der Waals surface area contributed by atoms with E-state index in [1.54, 1.807) is 11.2 Å². The fourth-order valence-electron chi connectivity index (χ4n) is 8.56. The Morgan fingerprint density at radius 2 is 1.62 bits per heavy atom.